The Morgan fingerprint density at radius 2 is 1.76 bits per heavy atom. The molecule has 0 heterocycles. The fourth-order valence-corrected chi connectivity index (χ4v) is 2.07. The number of hydrogen-bond acceptors (Lipinski definition) is 4. The van der Waals surface area contributed by atoms with E-state index in [1.54, 1.807) is 38.5 Å². The third kappa shape index (κ3) is 3.16. The molecule has 0 N–H and O–H groups in total. The summed E-state index contributed by atoms with van der Waals surface area (Å²) in [6, 6.07) is 12.7. The molecule has 0 amide bonds. The molecule has 2 aromatic rings. The van der Waals surface area contributed by atoms with Crippen molar-refractivity contribution in [1.82, 2.24) is 0 Å². The predicted octanol–water partition coefficient (Wildman–Crippen LogP) is 3.00. The molecule has 0 aliphatic rings. The Balaban J connectivity index is 2.42. The summed E-state index contributed by atoms with van der Waals surface area (Å²) in [5.41, 5.74) is 2.13. The van der Waals surface area contributed by atoms with Crippen LogP contribution in [0.25, 0.3) is 0 Å². The molecule has 110 valence electrons. The van der Waals surface area contributed by atoms with Crippen LogP contribution in [0.2, 0.25) is 0 Å². The van der Waals surface area contributed by atoms with Crippen molar-refractivity contribution in [3.05, 3.63) is 53.6 Å². The molecule has 0 radical (unpaired) electrons. The second-order valence-corrected chi connectivity index (χ2v) is 4.84. The molecule has 0 aromatic heterocycles. The fourth-order valence-electron chi connectivity index (χ4n) is 2.07. The Labute approximate surface area is 124 Å². The number of hydrogen-bond donors (Lipinski definition) is 0. The van der Waals surface area contributed by atoms with E-state index in [1.807, 2.05) is 37.2 Å². The van der Waals surface area contributed by atoms with E-state index in [1.165, 1.54) is 0 Å². The summed E-state index contributed by atoms with van der Waals surface area (Å²) in [6.07, 6.45) is 0. The van der Waals surface area contributed by atoms with E-state index in [4.69, 9.17) is 9.47 Å². The molecule has 2 aromatic carbocycles. The topological polar surface area (TPSA) is 38.8 Å². The van der Waals surface area contributed by atoms with Crippen molar-refractivity contribution in [2.24, 2.45) is 0 Å². The summed E-state index contributed by atoms with van der Waals surface area (Å²) < 4.78 is 10.4. The van der Waals surface area contributed by atoms with E-state index < -0.39 is 0 Å². The van der Waals surface area contributed by atoms with E-state index >= 15 is 0 Å². The first-order valence-electron chi connectivity index (χ1n) is 6.61. The van der Waals surface area contributed by atoms with Gasteiger partial charge in [-0.3, -0.25) is 4.79 Å². The van der Waals surface area contributed by atoms with Gasteiger partial charge in [-0.05, 0) is 24.3 Å². The molecule has 4 nitrogen and oxygen atoms in total. The summed E-state index contributed by atoms with van der Waals surface area (Å²) in [7, 11) is 7.01. The van der Waals surface area contributed by atoms with Gasteiger partial charge in [0.05, 0.1) is 19.8 Å². The van der Waals surface area contributed by atoms with Crippen molar-refractivity contribution < 1.29 is 14.3 Å². The quantitative estimate of drug-likeness (QED) is 0.792. The molecule has 0 fully saturated rings. The van der Waals surface area contributed by atoms with Gasteiger partial charge in [-0.2, -0.15) is 0 Å². The minimum atomic E-state index is -0.0711. The average molecular weight is 285 g/mol. The lowest BCUT2D eigenvalue weighted by Gasteiger charge is -2.14. The lowest BCUT2D eigenvalue weighted by atomic mass is 10.0. The average Bonchev–Trinajstić information content (AvgIpc) is 2.53. The number of carbonyl (C=O) groups excluding carboxylic acids is 1. The number of anilines is 1. The standard InChI is InChI=1S/C17H19NO3/c1-18(2)13-7-5-6-12(10-13)17(19)15-9-8-14(20-3)11-16(15)21-4/h5-11H,1-4H3. The number of ether oxygens (including phenoxy) is 2. The Morgan fingerprint density at radius 1 is 1.00 bits per heavy atom. The maximum atomic E-state index is 12.7. The van der Waals surface area contributed by atoms with Gasteiger partial charge in [-0.15, -0.1) is 0 Å². The third-order valence-corrected chi connectivity index (χ3v) is 3.28. The predicted molar refractivity (Wildman–Crippen MR) is 83.7 cm³/mol. The molecule has 0 unspecified atom stereocenters. The molecule has 0 atom stereocenters. The number of ketones is 1. The van der Waals surface area contributed by atoms with E-state index in [0.29, 0.717) is 22.6 Å². The van der Waals surface area contributed by atoms with Crippen molar-refractivity contribution in [1.29, 1.82) is 0 Å². The van der Waals surface area contributed by atoms with Crippen LogP contribution in [0.1, 0.15) is 15.9 Å². The largest absolute Gasteiger partial charge is 0.497 e. The van der Waals surface area contributed by atoms with Crippen LogP contribution in [-0.2, 0) is 0 Å². The van der Waals surface area contributed by atoms with Gasteiger partial charge < -0.3 is 14.4 Å². The van der Waals surface area contributed by atoms with Gasteiger partial charge in [0.15, 0.2) is 5.78 Å². The maximum absolute atomic E-state index is 12.7. The maximum Gasteiger partial charge on any atom is 0.196 e. The van der Waals surface area contributed by atoms with Gasteiger partial charge in [0.25, 0.3) is 0 Å². The van der Waals surface area contributed by atoms with E-state index in [0.717, 1.165) is 5.69 Å². The molecule has 0 spiro atoms. The zero-order valence-corrected chi connectivity index (χ0v) is 12.7. The molecule has 2 rings (SSSR count). The smallest absolute Gasteiger partial charge is 0.196 e. The van der Waals surface area contributed by atoms with Crippen LogP contribution in [0.15, 0.2) is 42.5 Å². The summed E-state index contributed by atoms with van der Waals surface area (Å²) in [6.45, 7) is 0. The first-order valence-corrected chi connectivity index (χ1v) is 6.61. The molecule has 21 heavy (non-hydrogen) atoms. The Kier molecular flexibility index (Phi) is 4.48. The summed E-state index contributed by atoms with van der Waals surface area (Å²) in [5.74, 6) is 1.10. The molecule has 0 saturated heterocycles. The molecule has 0 bridgehead atoms. The van der Waals surface area contributed by atoms with E-state index in [2.05, 4.69) is 0 Å². The highest BCUT2D eigenvalue weighted by Crippen LogP contribution is 2.27. The second kappa shape index (κ2) is 6.31. The number of nitrogens with zero attached hydrogens (tertiary/aromatic N) is 1. The second-order valence-electron chi connectivity index (χ2n) is 4.84. The van der Waals surface area contributed by atoms with Gasteiger partial charge in [0, 0.05) is 31.4 Å². The van der Waals surface area contributed by atoms with Crippen molar-refractivity contribution in [2.45, 2.75) is 0 Å². The normalized spacial score (nSPS) is 10.1. The van der Waals surface area contributed by atoms with Gasteiger partial charge >= 0.3 is 0 Å². The van der Waals surface area contributed by atoms with Crippen LogP contribution in [0, 0.1) is 0 Å². The van der Waals surface area contributed by atoms with Crippen molar-refractivity contribution in [3.8, 4) is 11.5 Å². The molecule has 0 aliphatic heterocycles. The monoisotopic (exact) mass is 285 g/mol. The van der Waals surface area contributed by atoms with Crippen molar-refractivity contribution in [2.75, 3.05) is 33.2 Å². The van der Waals surface area contributed by atoms with Gasteiger partial charge in [0.1, 0.15) is 11.5 Å². The highest BCUT2D eigenvalue weighted by Gasteiger charge is 2.16. The van der Waals surface area contributed by atoms with Crippen LogP contribution in [-0.4, -0.2) is 34.1 Å². The third-order valence-electron chi connectivity index (χ3n) is 3.28. The van der Waals surface area contributed by atoms with E-state index in [-0.39, 0.29) is 5.78 Å². The zero-order chi connectivity index (χ0) is 15.4. The zero-order valence-electron chi connectivity index (χ0n) is 12.7. The number of carbonyl (C=O) groups is 1. The first kappa shape index (κ1) is 14.9. The molecule has 4 heteroatoms. The lowest BCUT2D eigenvalue weighted by Crippen LogP contribution is -2.10. The Bertz CT molecular complexity index is 650. The molecule has 0 saturated carbocycles. The highest BCUT2D eigenvalue weighted by molar-refractivity contribution is 6.11. The van der Waals surface area contributed by atoms with Crippen LogP contribution in [0.5, 0.6) is 11.5 Å². The fraction of sp³-hybridized carbons (Fsp3) is 0.235. The molecular weight excluding hydrogens is 266 g/mol. The molecule has 0 aliphatic carbocycles. The summed E-state index contributed by atoms with van der Waals surface area (Å²) in [5, 5.41) is 0. The number of rotatable bonds is 5. The van der Waals surface area contributed by atoms with Crippen molar-refractivity contribution in [3.63, 3.8) is 0 Å². The summed E-state index contributed by atoms with van der Waals surface area (Å²) in [4.78, 5) is 14.6. The van der Waals surface area contributed by atoms with Crippen molar-refractivity contribution >= 4 is 11.5 Å². The van der Waals surface area contributed by atoms with Crippen LogP contribution >= 0.6 is 0 Å². The number of benzene rings is 2. The highest BCUT2D eigenvalue weighted by atomic mass is 16.5. The minimum Gasteiger partial charge on any atom is -0.497 e. The molecular formula is C17H19NO3. The van der Waals surface area contributed by atoms with E-state index in [9.17, 15) is 4.79 Å². The minimum absolute atomic E-state index is 0.0711. The van der Waals surface area contributed by atoms with Gasteiger partial charge in [0.2, 0.25) is 0 Å². The lowest BCUT2D eigenvalue weighted by molar-refractivity contribution is 0.103. The van der Waals surface area contributed by atoms with Crippen LogP contribution in [0.4, 0.5) is 5.69 Å². The van der Waals surface area contributed by atoms with Gasteiger partial charge in [-0.25, -0.2) is 0 Å². The van der Waals surface area contributed by atoms with Crippen LogP contribution < -0.4 is 14.4 Å². The Hall–Kier alpha value is -2.49. The number of methoxy groups -OCH3 is 2. The SMILES string of the molecule is COc1ccc(C(=O)c2cccc(N(C)C)c2)c(OC)c1. The van der Waals surface area contributed by atoms with Crippen LogP contribution in [0.3, 0.4) is 0 Å². The Morgan fingerprint density at radius 3 is 2.38 bits per heavy atom. The summed E-state index contributed by atoms with van der Waals surface area (Å²) >= 11 is 0. The van der Waals surface area contributed by atoms with Gasteiger partial charge in [-0.1, -0.05) is 12.1 Å². The first-order chi connectivity index (χ1) is 10.1.